The SMILES string of the molecule is COc1c(Br)ccc2cc(OC(C)OC)c(C(C)=O)cc12. The van der Waals surface area contributed by atoms with Crippen molar-refractivity contribution in [2.45, 2.75) is 20.1 Å². The average Bonchev–Trinajstić information content (AvgIpc) is 2.46. The predicted octanol–water partition coefficient (Wildman–Crippen LogP) is 4.18. The van der Waals surface area contributed by atoms with Gasteiger partial charge in [-0.1, -0.05) is 6.07 Å². The summed E-state index contributed by atoms with van der Waals surface area (Å²) >= 11 is 3.45. The summed E-state index contributed by atoms with van der Waals surface area (Å²) in [6, 6.07) is 7.46. The monoisotopic (exact) mass is 352 g/mol. The topological polar surface area (TPSA) is 44.8 Å². The second-order valence-corrected chi connectivity index (χ2v) is 5.48. The van der Waals surface area contributed by atoms with E-state index in [1.807, 2.05) is 18.2 Å². The van der Waals surface area contributed by atoms with Crippen molar-refractivity contribution in [1.29, 1.82) is 0 Å². The van der Waals surface area contributed by atoms with Crippen molar-refractivity contribution in [2.75, 3.05) is 14.2 Å². The Morgan fingerprint density at radius 3 is 2.52 bits per heavy atom. The van der Waals surface area contributed by atoms with Gasteiger partial charge in [-0.15, -0.1) is 0 Å². The minimum Gasteiger partial charge on any atom is -0.495 e. The van der Waals surface area contributed by atoms with Crippen molar-refractivity contribution in [3.63, 3.8) is 0 Å². The quantitative estimate of drug-likeness (QED) is 0.597. The maximum atomic E-state index is 11.9. The number of carbonyl (C=O) groups is 1. The number of rotatable bonds is 5. The van der Waals surface area contributed by atoms with Crippen LogP contribution in [-0.4, -0.2) is 26.3 Å². The zero-order chi connectivity index (χ0) is 15.6. The number of carbonyl (C=O) groups excluding carboxylic acids is 1. The summed E-state index contributed by atoms with van der Waals surface area (Å²) in [5.74, 6) is 1.13. The summed E-state index contributed by atoms with van der Waals surface area (Å²) in [7, 11) is 3.16. The molecule has 4 nitrogen and oxygen atoms in total. The number of Topliss-reactive ketones (excluding diaryl/α,β-unsaturated/α-hetero) is 1. The van der Waals surface area contributed by atoms with Gasteiger partial charge in [0.25, 0.3) is 0 Å². The van der Waals surface area contributed by atoms with Crippen LogP contribution in [0.2, 0.25) is 0 Å². The standard InChI is InChI=1S/C16H17BrO4/c1-9(18)12-8-13-11(5-6-14(17)16(13)20-4)7-15(12)21-10(2)19-3/h5-8,10H,1-4H3. The van der Waals surface area contributed by atoms with E-state index < -0.39 is 6.29 Å². The minimum absolute atomic E-state index is 0.0720. The first-order chi connectivity index (χ1) is 9.97. The van der Waals surface area contributed by atoms with E-state index in [0.717, 1.165) is 15.2 Å². The maximum Gasteiger partial charge on any atom is 0.196 e. The highest BCUT2D eigenvalue weighted by atomic mass is 79.9. The number of ether oxygens (including phenoxy) is 3. The van der Waals surface area contributed by atoms with Crippen LogP contribution in [0, 0.1) is 0 Å². The van der Waals surface area contributed by atoms with E-state index in [0.29, 0.717) is 17.1 Å². The van der Waals surface area contributed by atoms with Crippen LogP contribution >= 0.6 is 15.9 Å². The van der Waals surface area contributed by atoms with Gasteiger partial charge < -0.3 is 14.2 Å². The van der Waals surface area contributed by atoms with E-state index in [1.54, 1.807) is 27.2 Å². The molecule has 0 fully saturated rings. The van der Waals surface area contributed by atoms with Gasteiger partial charge in [-0.3, -0.25) is 4.79 Å². The first-order valence-corrected chi connectivity index (χ1v) is 7.27. The lowest BCUT2D eigenvalue weighted by Gasteiger charge is -2.17. The highest BCUT2D eigenvalue weighted by Gasteiger charge is 2.16. The van der Waals surface area contributed by atoms with Crippen molar-refractivity contribution in [1.82, 2.24) is 0 Å². The zero-order valence-electron chi connectivity index (χ0n) is 12.4. The molecular formula is C16H17BrO4. The molecule has 1 atom stereocenters. The fourth-order valence-corrected chi connectivity index (χ4v) is 2.61. The summed E-state index contributed by atoms with van der Waals surface area (Å²) in [6.07, 6.45) is -0.433. The Hall–Kier alpha value is -1.59. The number of hydrogen-bond acceptors (Lipinski definition) is 4. The van der Waals surface area contributed by atoms with E-state index >= 15 is 0 Å². The van der Waals surface area contributed by atoms with Gasteiger partial charge in [-0.2, -0.15) is 0 Å². The van der Waals surface area contributed by atoms with E-state index in [1.165, 1.54) is 6.92 Å². The lowest BCUT2D eigenvalue weighted by Crippen LogP contribution is -2.15. The molecule has 0 heterocycles. The third-order valence-electron chi connectivity index (χ3n) is 3.23. The largest absolute Gasteiger partial charge is 0.495 e. The second kappa shape index (κ2) is 6.45. The lowest BCUT2D eigenvalue weighted by atomic mass is 10.0. The lowest BCUT2D eigenvalue weighted by molar-refractivity contribution is -0.0384. The normalized spacial score (nSPS) is 12.2. The molecule has 0 spiro atoms. The fraction of sp³-hybridized carbons (Fsp3) is 0.312. The maximum absolute atomic E-state index is 11.9. The van der Waals surface area contributed by atoms with E-state index in [9.17, 15) is 4.79 Å². The molecule has 21 heavy (non-hydrogen) atoms. The zero-order valence-corrected chi connectivity index (χ0v) is 14.0. The smallest absolute Gasteiger partial charge is 0.196 e. The molecule has 0 amide bonds. The summed E-state index contributed by atoms with van der Waals surface area (Å²) in [5, 5.41) is 1.79. The molecule has 0 aliphatic rings. The van der Waals surface area contributed by atoms with Crippen molar-refractivity contribution in [3.8, 4) is 11.5 Å². The molecule has 0 aromatic heterocycles. The van der Waals surface area contributed by atoms with Gasteiger partial charge >= 0.3 is 0 Å². The molecular weight excluding hydrogens is 336 g/mol. The van der Waals surface area contributed by atoms with Crippen molar-refractivity contribution < 1.29 is 19.0 Å². The third kappa shape index (κ3) is 3.19. The Balaban J connectivity index is 2.68. The number of ketones is 1. The third-order valence-corrected chi connectivity index (χ3v) is 3.86. The molecule has 1 unspecified atom stereocenters. The number of methoxy groups -OCH3 is 2. The van der Waals surface area contributed by atoms with Crippen LogP contribution in [0.1, 0.15) is 24.2 Å². The molecule has 2 aromatic carbocycles. The van der Waals surface area contributed by atoms with Crippen LogP contribution < -0.4 is 9.47 Å². The number of hydrogen-bond donors (Lipinski definition) is 0. The highest BCUT2D eigenvalue weighted by Crippen LogP contribution is 2.37. The Morgan fingerprint density at radius 1 is 1.24 bits per heavy atom. The van der Waals surface area contributed by atoms with E-state index in [4.69, 9.17) is 14.2 Å². The molecule has 2 rings (SSSR count). The Bertz CT molecular complexity index is 682. The van der Waals surface area contributed by atoms with Gasteiger partial charge in [0.1, 0.15) is 11.5 Å². The first kappa shape index (κ1) is 15.8. The minimum atomic E-state index is -0.433. The molecule has 0 aliphatic heterocycles. The summed E-state index contributed by atoms with van der Waals surface area (Å²) in [5.41, 5.74) is 0.503. The van der Waals surface area contributed by atoms with Gasteiger partial charge in [-0.05, 0) is 53.4 Å². The Kier molecular flexibility index (Phi) is 4.85. The van der Waals surface area contributed by atoms with Crippen LogP contribution in [-0.2, 0) is 4.74 Å². The van der Waals surface area contributed by atoms with Crippen LogP contribution in [0.25, 0.3) is 10.8 Å². The van der Waals surface area contributed by atoms with Crippen molar-refractivity contribution in [2.24, 2.45) is 0 Å². The van der Waals surface area contributed by atoms with Crippen LogP contribution in [0.4, 0.5) is 0 Å². The predicted molar refractivity (Wildman–Crippen MR) is 85.3 cm³/mol. The molecule has 0 saturated heterocycles. The Morgan fingerprint density at radius 2 is 1.95 bits per heavy atom. The van der Waals surface area contributed by atoms with E-state index in [-0.39, 0.29) is 5.78 Å². The number of benzene rings is 2. The molecule has 112 valence electrons. The molecule has 2 aromatic rings. The summed E-state index contributed by atoms with van der Waals surface area (Å²) < 4.78 is 17.0. The number of halogens is 1. The van der Waals surface area contributed by atoms with Crippen LogP contribution in [0.5, 0.6) is 11.5 Å². The van der Waals surface area contributed by atoms with Gasteiger partial charge in [0.2, 0.25) is 0 Å². The highest BCUT2D eigenvalue weighted by molar-refractivity contribution is 9.10. The van der Waals surface area contributed by atoms with Gasteiger partial charge in [-0.25, -0.2) is 0 Å². The van der Waals surface area contributed by atoms with Crippen LogP contribution in [0.15, 0.2) is 28.7 Å². The first-order valence-electron chi connectivity index (χ1n) is 6.48. The second-order valence-electron chi connectivity index (χ2n) is 4.63. The molecule has 0 bridgehead atoms. The molecule has 0 saturated carbocycles. The van der Waals surface area contributed by atoms with Crippen molar-refractivity contribution in [3.05, 3.63) is 34.3 Å². The van der Waals surface area contributed by atoms with E-state index in [2.05, 4.69) is 15.9 Å². The van der Waals surface area contributed by atoms with Gasteiger partial charge in [0.15, 0.2) is 12.1 Å². The molecule has 0 N–H and O–H groups in total. The summed E-state index contributed by atoms with van der Waals surface area (Å²) in [6.45, 7) is 3.28. The molecule has 0 radical (unpaired) electrons. The summed E-state index contributed by atoms with van der Waals surface area (Å²) in [4.78, 5) is 11.9. The number of fused-ring (bicyclic) bond motifs is 1. The fourth-order valence-electron chi connectivity index (χ4n) is 2.10. The molecule has 5 heteroatoms. The van der Waals surface area contributed by atoms with Gasteiger partial charge in [0, 0.05) is 12.5 Å². The average molecular weight is 353 g/mol. The van der Waals surface area contributed by atoms with Gasteiger partial charge in [0.05, 0.1) is 17.1 Å². The Labute approximate surface area is 132 Å². The van der Waals surface area contributed by atoms with Crippen molar-refractivity contribution >= 4 is 32.5 Å². The van der Waals surface area contributed by atoms with Crippen LogP contribution in [0.3, 0.4) is 0 Å². The molecule has 0 aliphatic carbocycles.